The van der Waals surface area contributed by atoms with E-state index in [2.05, 4.69) is 13.0 Å². The Labute approximate surface area is 87.8 Å². The van der Waals surface area contributed by atoms with Crippen LogP contribution in [0.1, 0.15) is 58.3 Å². The first-order valence-electron chi connectivity index (χ1n) is 6.20. The molecular weight excluding hydrogens is 170 g/mol. The summed E-state index contributed by atoms with van der Waals surface area (Å²) >= 11 is 0. The van der Waals surface area contributed by atoms with Gasteiger partial charge < -0.3 is 5.73 Å². The van der Waals surface area contributed by atoms with Crippen LogP contribution in [0.5, 0.6) is 0 Å². The molecule has 1 heteroatoms. The van der Waals surface area contributed by atoms with Crippen molar-refractivity contribution >= 4 is 0 Å². The van der Waals surface area contributed by atoms with Crippen molar-refractivity contribution in [2.24, 2.45) is 11.1 Å². The highest BCUT2D eigenvalue weighted by Gasteiger charge is 2.33. The van der Waals surface area contributed by atoms with Crippen molar-refractivity contribution < 1.29 is 0 Å². The van der Waals surface area contributed by atoms with Gasteiger partial charge in [-0.15, -0.1) is 0 Å². The van der Waals surface area contributed by atoms with Gasteiger partial charge in [0, 0.05) is 6.04 Å². The minimum Gasteiger partial charge on any atom is -0.328 e. The van der Waals surface area contributed by atoms with E-state index in [1.165, 1.54) is 51.4 Å². The largest absolute Gasteiger partial charge is 0.328 e. The van der Waals surface area contributed by atoms with E-state index in [4.69, 9.17) is 5.73 Å². The Hall–Kier alpha value is -0.300. The van der Waals surface area contributed by atoms with Crippen LogP contribution in [0, 0.1) is 5.41 Å². The highest BCUT2D eigenvalue weighted by molar-refractivity contribution is 5.14. The minimum atomic E-state index is 0.478. The monoisotopic (exact) mass is 193 g/mol. The summed E-state index contributed by atoms with van der Waals surface area (Å²) in [4.78, 5) is 0. The summed E-state index contributed by atoms with van der Waals surface area (Å²) < 4.78 is 0. The Morgan fingerprint density at radius 3 is 2.43 bits per heavy atom. The number of allylic oxidation sites excluding steroid dienone is 2. The molecule has 2 aliphatic carbocycles. The molecule has 0 radical (unpaired) electrons. The molecule has 0 aromatic carbocycles. The van der Waals surface area contributed by atoms with Gasteiger partial charge in [-0.05, 0) is 50.4 Å². The summed E-state index contributed by atoms with van der Waals surface area (Å²) in [5.74, 6) is 0. The standard InChI is InChI=1S/C13H23N/c1-2-13(8-3-9-13)10-11-4-6-12(14)7-5-11/h10,12H,2-9,14H2,1H3. The van der Waals surface area contributed by atoms with Crippen LogP contribution in [0.25, 0.3) is 0 Å². The maximum Gasteiger partial charge on any atom is 0.00449 e. The topological polar surface area (TPSA) is 26.0 Å². The van der Waals surface area contributed by atoms with Crippen LogP contribution in [-0.2, 0) is 0 Å². The second kappa shape index (κ2) is 4.06. The SMILES string of the molecule is CCC1(C=C2CCC(N)CC2)CCC1. The van der Waals surface area contributed by atoms with Gasteiger partial charge in [-0.3, -0.25) is 0 Å². The predicted octanol–water partition coefficient (Wildman–Crippen LogP) is 3.39. The summed E-state index contributed by atoms with van der Waals surface area (Å²) in [6.45, 7) is 2.34. The molecule has 0 unspecified atom stereocenters. The molecule has 0 aromatic rings. The van der Waals surface area contributed by atoms with Gasteiger partial charge in [-0.2, -0.15) is 0 Å². The first kappa shape index (κ1) is 10.2. The van der Waals surface area contributed by atoms with E-state index in [0.717, 1.165) is 0 Å². The Bertz CT molecular complexity index is 210. The fourth-order valence-corrected chi connectivity index (χ4v) is 2.82. The van der Waals surface area contributed by atoms with Gasteiger partial charge >= 0.3 is 0 Å². The van der Waals surface area contributed by atoms with Crippen LogP contribution in [0.3, 0.4) is 0 Å². The Kier molecular flexibility index (Phi) is 2.96. The molecule has 0 aromatic heterocycles. The van der Waals surface area contributed by atoms with Crippen LogP contribution >= 0.6 is 0 Å². The quantitative estimate of drug-likeness (QED) is 0.668. The van der Waals surface area contributed by atoms with E-state index >= 15 is 0 Å². The second-order valence-electron chi connectivity index (χ2n) is 5.21. The van der Waals surface area contributed by atoms with E-state index < -0.39 is 0 Å². The zero-order chi connectivity index (χ0) is 10.0. The van der Waals surface area contributed by atoms with E-state index in [9.17, 15) is 0 Å². The van der Waals surface area contributed by atoms with Gasteiger partial charge in [0.15, 0.2) is 0 Å². The minimum absolute atomic E-state index is 0.478. The molecule has 2 saturated carbocycles. The third-order valence-electron chi connectivity index (χ3n) is 4.24. The molecular formula is C13H23N. The third kappa shape index (κ3) is 2.03. The summed E-state index contributed by atoms with van der Waals surface area (Å²) in [5.41, 5.74) is 8.22. The molecule has 2 rings (SSSR count). The van der Waals surface area contributed by atoms with Crippen LogP contribution in [0.15, 0.2) is 11.6 Å². The molecule has 2 fully saturated rings. The molecule has 2 N–H and O–H groups in total. The van der Waals surface area contributed by atoms with Crippen LogP contribution < -0.4 is 5.73 Å². The van der Waals surface area contributed by atoms with Crippen molar-refractivity contribution in [2.45, 2.75) is 64.3 Å². The molecule has 80 valence electrons. The van der Waals surface area contributed by atoms with Gasteiger partial charge in [-0.25, -0.2) is 0 Å². The van der Waals surface area contributed by atoms with Crippen molar-refractivity contribution in [1.29, 1.82) is 0 Å². The maximum absolute atomic E-state index is 5.91. The second-order valence-corrected chi connectivity index (χ2v) is 5.21. The van der Waals surface area contributed by atoms with Crippen molar-refractivity contribution in [3.05, 3.63) is 11.6 Å². The first-order chi connectivity index (χ1) is 6.74. The van der Waals surface area contributed by atoms with E-state index in [1.807, 2.05) is 0 Å². The van der Waals surface area contributed by atoms with E-state index in [-0.39, 0.29) is 0 Å². The fraction of sp³-hybridized carbons (Fsp3) is 0.846. The molecule has 0 bridgehead atoms. The third-order valence-corrected chi connectivity index (χ3v) is 4.24. The zero-order valence-corrected chi connectivity index (χ0v) is 9.39. The summed E-state index contributed by atoms with van der Waals surface area (Å²) in [6, 6.07) is 0.478. The van der Waals surface area contributed by atoms with E-state index in [1.54, 1.807) is 5.57 Å². The number of nitrogens with two attached hydrogens (primary N) is 1. The highest BCUT2D eigenvalue weighted by atomic mass is 14.6. The van der Waals surface area contributed by atoms with Crippen molar-refractivity contribution in [3.63, 3.8) is 0 Å². The van der Waals surface area contributed by atoms with Crippen LogP contribution in [0.4, 0.5) is 0 Å². The number of hydrogen-bond donors (Lipinski definition) is 1. The van der Waals surface area contributed by atoms with Crippen molar-refractivity contribution in [3.8, 4) is 0 Å². The Balaban J connectivity index is 1.96. The number of rotatable bonds is 2. The lowest BCUT2D eigenvalue weighted by Gasteiger charge is -2.40. The first-order valence-corrected chi connectivity index (χ1v) is 6.20. The average Bonchev–Trinajstić information content (AvgIpc) is 2.15. The normalized spacial score (nSPS) is 31.0. The summed E-state index contributed by atoms with van der Waals surface area (Å²) in [7, 11) is 0. The van der Waals surface area contributed by atoms with Crippen LogP contribution in [-0.4, -0.2) is 6.04 Å². The van der Waals surface area contributed by atoms with E-state index in [0.29, 0.717) is 11.5 Å². The molecule has 0 saturated heterocycles. The van der Waals surface area contributed by atoms with Crippen molar-refractivity contribution in [1.82, 2.24) is 0 Å². The molecule has 0 atom stereocenters. The lowest BCUT2D eigenvalue weighted by atomic mass is 9.65. The van der Waals surface area contributed by atoms with Gasteiger partial charge in [0.2, 0.25) is 0 Å². The van der Waals surface area contributed by atoms with Gasteiger partial charge in [0.1, 0.15) is 0 Å². The highest BCUT2D eigenvalue weighted by Crippen LogP contribution is 2.46. The zero-order valence-electron chi connectivity index (χ0n) is 9.39. The van der Waals surface area contributed by atoms with Gasteiger partial charge in [-0.1, -0.05) is 25.0 Å². The van der Waals surface area contributed by atoms with Gasteiger partial charge in [0.25, 0.3) is 0 Å². The molecule has 1 nitrogen and oxygen atoms in total. The van der Waals surface area contributed by atoms with Crippen LogP contribution in [0.2, 0.25) is 0 Å². The Morgan fingerprint density at radius 1 is 1.36 bits per heavy atom. The summed E-state index contributed by atoms with van der Waals surface area (Å²) in [5, 5.41) is 0. The molecule has 0 amide bonds. The summed E-state index contributed by atoms with van der Waals surface area (Å²) in [6.07, 6.45) is 13.2. The molecule has 0 aliphatic heterocycles. The molecule has 14 heavy (non-hydrogen) atoms. The molecule has 0 heterocycles. The smallest absolute Gasteiger partial charge is 0.00449 e. The maximum atomic E-state index is 5.91. The molecule has 2 aliphatic rings. The van der Waals surface area contributed by atoms with Gasteiger partial charge in [0.05, 0.1) is 0 Å². The lowest BCUT2D eigenvalue weighted by molar-refractivity contribution is 0.193. The van der Waals surface area contributed by atoms with Crippen molar-refractivity contribution in [2.75, 3.05) is 0 Å². The number of hydrogen-bond acceptors (Lipinski definition) is 1. The average molecular weight is 193 g/mol. The fourth-order valence-electron chi connectivity index (χ4n) is 2.82. The Morgan fingerprint density at radius 2 is 2.00 bits per heavy atom. The lowest BCUT2D eigenvalue weighted by Crippen LogP contribution is -2.28. The molecule has 0 spiro atoms. The predicted molar refractivity (Wildman–Crippen MR) is 61.1 cm³/mol.